The summed E-state index contributed by atoms with van der Waals surface area (Å²) >= 11 is 0. The van der Waals surface area contributed by atoms with Gasteiger partial charge in [0.05, 0.1) is 0 Å². The van der Waals surface area contributed by atoms with Gasteiger partial charge in [-0.05, 0) is 25.3 Å². The summed E-state index contributed by atoms with van der Waals surface area (Å²) < 4.78 is 0. The molecule has 0 radical (unpaired) electrons. The van der Waals surface area contributed by atoms with E-state index in [1.165, 1.54) is 19.3 Å². The highest BCUT2D eigenvalue weighted by Crippen LogP contribution is 2.33. The van der Waals surface area contributed by atoms with Gasteiger partial charge in [0.15, 0.2) is 0 Å². The molecule has 0 aliphatic heterocycles. The molecule has 1 saturated carbocycles. The van der Waals surface area contributed by atoms with E-state index in [2.05, 4.69) is 22.2 Å². The van der Waals surface area contributed by atoms with Gasteiger partial charge in [-0.1, -0.05) is 12.8 Å². The Bertz CT molecular complexity index is 309. The minimum absolute atomic E-state index is 0.327. The molecule has 1 heterocycles. The molecule has 1 atom stereocenters. The first kappa shape index (κ1) is 9.24. The van der Waals surface area contributed by atoms with Gasteiger partial charge in [0.25, 0.3) is 0 Å². The van der Waals surface area contributed by atoms with Crippen molar-refractivity contribution in [2.45, 2.75) is 32.2 Å². The second kappa shape index (κ2) is 3.82. The Balaban J connectivity index is 1.88. The first-order valence-electron chi connectivity index (χ1n) is 5.09. The molecule has 1 fully saturated rings. The fourth-order valence-electron chi connectivity index (χ4n) is 1.62. The molecule has 0 amide bonds. The van der Waals surface area contributed by atoms with Gasteiger partial charge in [0.1, 0.15) is 5.82 Å². The van der Waals surface area contributed by atoms with Crippen LogP contribution in [-0.4, -0.2) is 16.0 Å². The number of nitrogen functional groups attached to an aromatic ring is 1. The number of hydrogen-bond acceptors (Lipinski definition) is 4. The number of nitrogens with two attached hydrogens (primary N) is 1. The van der Waals surface area contributed by atoms with E-state index in [1.807, 2.05) is 6.07 Å². The Morgan fingerprint density at radius 3 is 3.07 bits per heavy atom. The summed E-state index contributed by atoms with van der Waals surface area (Å²) in [5, 5.41) is 3.32. The average molecular weight is 192 g/mol. The first-order valence-corrected chi connectivity index (χ1v) is 5.09. The highest BCUT2D eigenvalue weighted by Gasteiger charge is 2.23. The van der Waals surface area contributed by atoms with Crippen LogP contribution in [0.1, 0.15) is 26.2 Å². The van der Waals surface area contributed by atoms with Crippen LogP contribution in [-0.2, 0) is 0 Å². The zero-order valence-electron chi connectivity index (χ0n) is 8.40. The Morgan fingerprint density at radius 2 is 2.43 bits per heavy atom. The molecule has 3 N–H and O–H groups in total. The molecule has 14 heavy (non-hydrogen) atoms. The second-order valence-corrected chi connectivity index (χ2v) is 4.02. The quantitative estimate of drug-likeness (QED) is 0.761. The fraction of sp³-hybridized carbons (Fsp3) is 0.600. The molecule has 2 rings (SSSR count). The Labute approximate surface area is 83.9 Å². The summed E-state index contributed by atoms with van der Waals surface area (Å²) in [5.74, 6) is 2.08. The van der Waals surface area contributed by atoms with E-state index in [1.54, 1.807) is 6.20 Å². The molecule has 1 aliphatic rings. The van der Waals surface area contributed by atoms with Crippen LogP contribution >= 0.6 is 0 Å². The van der Waals surface area contributed by atoms with E-state index in [0.717, 1.165) is 11.7 Å². The largest absolute Gasteiger partial charge is 0.368 e. The average Bonchev–Trinajstić information content (AvgIpc) is 2.87. The van der Waals surface area contributed by atoms with Crippen molar-refractivity contribution in [1.29, 1.82) is 0 Å². The maximum Gasteiger partial charge on any atom is 0.221 e. The first-order chi connectivity index (χ1) is 6.74. The number of nitrogens with one attached hydrogen (secondary N) is 1. The van der Waals surface area contributed by atoms with Crippen LogP contribution in [0, 0.1) is 5.92 Å². The van der Waals surface area contributed by atoms with Gasteiger partial charge in [-0.15, -0.1) is 0 Å². The number of nitrogens with zero attached hydrogens (tertiary/aromatic N) is 2. The maximum atomic E-state index is 5.49. The van der Waals surface area contributed by atoms with Crippen molar-refractivity contribution in [3.8, 4) is 0 Å². The maximum absolute atomic E-state index is 5.49. The molecular weight excluding hydrogens is 176 g/mol. The molecule has 1 aromatic heterocycles. The van der Waals surface area contributed by atoms with Crippen molar-refractivity contribution in [2.24, 2.45) is 5.92 Å². The SMILES string of the molecule is CC(CC1CC1)Nc1ccnc(N)n1. The summed E-state index contributed by atoms with van der Waals surface area (Å²) in [6.07, 6.45) is 5.67. The monoisotopic (exact) mass is 192 g/mol. The van der Waals surface area contributed by atoms with Crippen molar-refractivity contribution < 1.29 is 0 Å². The molecule has 0 bridgehead atoms. The van der Waals surface area contributed by atoms with Crippen LogP contribution in [0.5, 0.6) is 0 Å². The lowest BCUT2D eigenvalue weighted by molar-refractivity contribution is 0.640. The zero-order chi connectivity index (χ0) is 9.97. The van der Waals surface area contributed by atoms with Crippen molar-refractivity contribution >= 4 is 11.8 Å². The van der Waals surface area contributed by atoms with Crippen LogP contribution in [0.25, 0.3) is 0 Å². The minimum Gasteiger partial charge on any atom is -0.368 e. The van der Waals surface area contributed by atoms with E-state index >= 15 is 0 Å². The summed E-state index contributed by atoms with van der Waals surface area (Å²) in [6, 6.07) is 2.32. The molecular formula is C10H16N4. The van der Waals surface area contributed by atoms with E-state index in [0.29, 0.717) is 12.0 Å². The molecule has 1 unspecified atom stereocenters. The number of anilines is 2. The van der Waals surface area contributed by atoms with Crippen LogP contribution in [0.4, 0.5) is 11.8 Å². The standard InChI is InChI=1S/C10H16N4/c1-7(6-8-2-3-8)13-9-4-5-12-10(11)14-9/h4-5,7-8H,2-3,6H2,1H3,(H3,11,12,13,14). The van der Waals surface area contributed by atoms with E-state index in [4.69, 9.17) is 5.73 Å². The topological polar surface area (TPSA) is 63.8 Å². The number of aromatic nitrogens is 2. The molecule has 1 aliphatic carbocycles. The summed E-state index contributed by atoms with van der Waals surface area (Å²) in [4.78, 5) is 7.94. The van der Waals surface area contributed by atoms with E-state index in [-0.39, 0.29) is 0 Å². The van der Waals surface area contributed by atoms with Gasteiger partial charge in [-0.25, -0.2) is 4.98 Å². The molecule has 4 nitrogen and oxygen atoms in total. The lowest BCUT2D eigenvalue weighted by Gasteiger charge is -2.13. The highest BCUT2D eigenvalue weighted by molar-refractivity contribution is 5.38. The summed E-state index contributed by atoms with van der Waals surface area (Å²) in [5.41, 5.74) is 5.49. The van der Waals surface area contributed by atoms with Gasteiger partial charge < -0.3 is 11.1 Å². The predicted octanol–water partition coefficient (Wildman–Crippen LogP) is 1.66. The Hall–Kier alpha value is -1.32. The van der Waals surface area contributed by atoms with E-state index in [9.17, 15) is 0 Å². The second-order valence-electron chi connectivity index (χ2n) is 4.02. The highest BCUT2D eigenvalue weighted by atomic mass is 15.1. The third-order valence-corrected chi connectivity index (χ3v) is 2.45. The van der Waals surface area contributed by atoms with Crippen molar-refractivity contribution in [2.75, 3.05) is 11.1 Å². The lowest BCUT2D eigenvalue weighted by atomic mass is 10.1. The van der Waals surface area contributed by atoms with Crippen LogP contribution in [0.3, 0.4) is 0 Å². The summed E-state index contributed by atoms with van der Waals surface area (Å²) in [6.45, 7) is 2.18. The van der Waals surface area contributed by atoms with Crippen molar-refractivity contribution in [3.05, 3.63) is 12.3 Å². The Morgan fingerprint density at radius 1 is 1.64 bits per heavy atom. The number of hydrogen-bond donors (Lipinski definition) is 2. The number of rotatable bonds is 4. The lowest BCUT2D eigenvalue weighted by Crippen LogP contribution is -2.17. The molecule has 0 spiro atoms. The third-order valence-electron chi connectivity index (χ3n) is 2.45. The predicted molar refractivity (Wildman–Crippen MR) is 56.9 cm³/mol. The molecule has 76 valence electrons. The van der Waals surface area contributed by atoms with Crippen LogP contribution in [0.15, 0.2) is 12.3 Å². The van der Waals surface area contributed by atoms with Gasteiger partial charge >= 0.3 is 0 Å². The van der Waals surface area contributed by atoms with Gasteiger partial charge in [-0.3, -0.25) is 0 Å². The normalized spacial score (nSPS) is 17.8. The summed E-state index contributed by atoms with van der Waals surface area (Å²) in [7, 11) is 0. The molecule has 0 aromatic carbocycles. The van der Waals surface area contributed by atoms with Gasteiger partial charge in [0.2, 0.25) is 5.95 Å². The van der Waals surface area contributed by atoms with Crippen molar-refractivity contribution in [3.63, 3.8) is 0 Å². The fourth-order valence-corrected chi connectivity index (χ4v) is 1.62. The molecule has 1 aromatic rings. The van der Waals surface area contributed by atoms with Crippen molar-refractivity contribution in [1.82, 2.24) is 9.97 Å². The van der Waals surface area contributed by atoms with Crippen LogP contribution < -0.4 is 11.1 Å². The third kappa shape index (κ3) is 2.58. The Kier molecular flexibility index (Phi) is 2.52. The molecule has 4 heteroatoms. The van der Waals surface area contributed by atoms with Crippen LogP contribution in [0.2, 0.25) is 0 Å². The van der Waals surface area contributed by atoms with Gasteiger partial charge in [0, 0.05) is 12.2 Å². The molecule has 0 saturated heterocycles. The zero-order valence-corrected chi connectivity index (χ0v) is 8.40. The smallest absolute Gasteiger partial charge is 0.221 e. The minimum atomic E-state index is 0.327. The van der Waals surface area contributed by atoms with E-state index < -0.39 is 0 Å². The van der Waals surface area contributed by atoms with Gasteiger partial charge in [-0.2, -0.15) is 4.98 Å².